The van der Waals surface area contributed by atoms with Gasteiger partial charge in [-0.1, -0.05) is 0 Å². The highest BCUT2D eigenvalue weighted by Crippen LogP contribution is 2.23. The first-order valence-corrected chi connectivity index (χ1v) is 5.65. The maximum atomic E-state index is 10.8. The molecule has 3 unspecified atom stereocenters. The van der Waals surface area contributed by atoms with Gasteiger partial charge >= 0.3 is 5.97 Å². The Morgan fingerprint density at radius 1 is 1.60 bits per heavy atom. The molecule has 1 aliphatic heterocycles. The fourth-order valence-electron chi connectivity index (χ4n) is 2.13. The molecule has 0 amide bonds. The quantitative estimate of drug-likeness (QED) is 0.732. The van der Waals surface area contributed by atoms with Crippen molar-refractivity contribution in [3.05, 3.63) is 0 Å². The van der Waals surface area contributed by atoms with E-state index in [9.17, 15) is 9.90 Å². The van der Waals surface area contributed by atoms with Crippen LogP contribution < -0.4 is 0 Å². The van der Waals surface area contributed by atoms with E-state index in [1.54, 1.807) is 6.92 Å². The molecule has 0 saturated carbocycles. The molecule has 0 radical (unpaired) electrons. The SMILES string of the molecule is CC(O)CCN1CCC(C(=O)O)CC1C. The van der Waals surface area contributed by atoms with Crippen LogP contribution >= 0.6 is 0 Å². The zero-order chi connectivity index (χ0) is 11.4. The summed E-state index contributed by atoms with van der Waals surface area (Å²) in [7, 11) is 0. The molecule has 0 aliphatic carbocycles. The van der Waals surface area contributed by atoms with E-state index in [1.165, 1.54) is 0 Å². The number of nitrogens with zero attached hydrogens (tertiary/aromatic N) is 1. The van der Waals surface area contributed by atoms with Gasteiger partial charge < -0.3 is 15.1 Å². The molecule has 4 nitrogen and oxygen atoms in total. The van der Waals surface area contributed by atoms with Gasteiger partial charge in [-0.25, -0.2) is 0 Å². The number of carboxylic acids is 1. The van der Waals surface area contributed by atoms with Gasteiger partial charge in [0.15, 0.2) is 0 Å². The highest BCUT2D eigenvalue weighted by molar-refractivity contribution is 5.70. The third-order valence-electron chi connectivity index (χ3n) is 3.20. The molecule has 1 aliphatic rings. The standard InChI is InChI=1S/C11H21NO3/c1-8-7-10(11(14)15)4-6-12(8)5-3-9(2)13/h8-10,13H,3-7H2,1-2H3,(H,14,15). The van der Waals surface area contributed by atoms with Gasteiger partial charge in [0.05, 0.1) is 12.0 Å². The number of rotatable bonds is 4. The molecule has 2 N–H and O–H groups in total. The lowest BCUT2D eigenvalue weighted by Crippen LogP contribution is -2.43. The summed E-state index contributed by atoms with van der Waals surface area (Å²) in [6, 6.07) is 0.318. The normalized spacial score (nSPS) is 30.1. The van der Waals surface area contributed by atoms with Gasteiger partial charge in [-0.05, 0) is 39.7 Å². The molecule has 0 bridgehead atoms. The van der Waals surface area contributed by atoms with Gasteiger partial charge in [0.1, 0.15) is 0 Å². The molecule has 1 fully saturated rings. The second-order valence-corrected chi connectivity index (χ2v) is 4.58. The van der Waals surface area contributed by atoms with Crippen molar-refractivity contribution >= 4 is 5.97 Å². The summed E-state index contributed by atoms with van der Waals surface area (Å²) in [5.74, 6) is -0.847. The van der Waals surface area contributed by atoms with Crippen molar-refractivity contribution in [2.75, 3.05) is 13.1 Å². The maximum absolute atomic E-state index is 10.8. The third-order valence-corrected chi connectivity index (χ3v) is 3.20. The second-order valence-electron chi connectivity index (χ2n) is 4.58. The Labute approximate surface area is 90.9 Å². The average Bonchev–Trinajstić information content (AvgIpc) is 2.15. The summed E-state index contributed by atoms with van der Waals surface area (Å²) in [5, 5.41) is 18.1. The van der Waals surface area contributed by atoms with Crippen molar-refractivity contribution in [3.8, 4) is 0 Å². The van der Waals surface area contributed by atoms with Crippen molar-refractivity contribution in [3.63, 3.8) is 0 Å². The molecule has 3 atom stereocenters. The highest BCUT2D eigenvalue weighted by Gasteiger charge is 2.29. The molecule has 1 rings (SSSR count). The van der Waals surface area contributed by atoms with Crippen molar-refractivity contribution in [2.45, 2.75) is 45.3 Å². The minimum Gasteiger partial charge on any atom is -0.481 e. The van der Waals surface area contributed by atoms with E-state index < -0.39 is 5.97 Å². The van der Waals surface area contributed by atoms with E-state index in [2.05, 4.69) is 11.8 Å². The Morgan fingerprint density at radius 3 is 2.73 bits per heavy atom. The van der Waals surface area contributed by atoms with E-state index >= 15 is 0 Å². The van der Waals surface area contributed by atoms with E-state index in [0.29, 0.717) is 6.04 Å². The number of piperidine rings is 1. The summed E-state index contributed by atoms with van der Waals surface area (Å²) < 4.78 is 0. The van der Waals surface area contributed by atoms with Gasteiger partial charge in [0.25, 0.3) is 0 Å². The number of hydrogen-bond donors (Lipinski definition) is 2. The summed E-state index contributed by atoms with van der Waals surface area (Å²) in [6.45, 7) is 5.56. The fraction of sp³-hybridized carbons (Fsp3) is 0.909. The Kier molecular flexibility index (Phi) is 4.54. The minimum absolute atomic E-state index is 0.178. The molecule has 88 valence electrons. The molecular formula is C11H21NO3. The third kappa shape index (κ3) is 3.80. The number of carbonyl (C=O) groups is 1. The number of carboxylic acid groups (broad SMARTS) is 1. The van der Waals surface area contributed by atoms with Crippen LogP contribution in [0.3, 0.4) is 0 Å². The first kappa shape index (κ1) is 12.5. The van der Waals surface area contributed by atoms with E-state index in [-0.39, 0.29) is 12.0 Å². The van der Waals surface area contributed by atoms with Crippen LogP contribution in [0.2, 0.25) is 0 Å². The predicted octanol–water partition coefficient (Wildman–Crippen LogP) is 0.942. The predicted molar refractivity (Wildman–Crippen MR) is 57.7 cm³/mol. The number of likely N-dealkylation sites (tertiary alicyclic amines) is 1. The smallest absolute Gasteiger partial charge is 0.306 e. The van der Waals surface area contributed by atoms with Gasteiger partial charge in [-0.2, -0.15) is 0 Å². The van der Waals surface area contributed by atoms with E-state index in [4.69, 9.17) is 5.11 Å². The Hall–Kier alpha value is -0.610. The lowest BCUT2D eigenvalue weighted by Gasteiger charge is -2.36. The summed E-state index contributed by atoms with van der Waals surface area (Å²) in [4.78, 5) is 13.1. The Morgan fingerprint density at radius 2 is 2.27 bits per heavy atom. The fourth-order valence-corrected chi connectivity index (χ4v) is 2.13. The maximum Gasteiger partial charge on any atom is 0.306 e. The average molecular weight is 215 g/mol. The Balaban J connectivity index is 2.35. The van der Waals surface area contributed by atoms with Crippen LogP contribution in [0.5, 0.6) is 0 Å². The van der Waals surface area contributed by atoms with Crippen molar-refractivity contribution < 1.29 is 15.0 Å². The highest BCUT2D eigenvalue weighted by atomic mass is 16.4. The van der Waals surface area contributed by atoms with Crippen molar-refractivity contribution in [1.29, 1.82) is 0 Å². The first-order chi connectivity index (χ1) is 7.00. The number of aliphatic hydroxyl groups excluding tert-OH is 1. The molecule has 0 aromatic heterocycles. The van der Waals surface area contributed by atoms with Gasteiger partial charge in [-0.15, -0.1) is 0 Å². The van der Waals surface area contributed by atoms with Gasteiger partial charge in [-0.3, -0.25) is 4.79 Å². The lowest BCUT2D eigenvalue weighted by molar-refractivity contribution is -0.144. The lowest BCUT2D eigenvalue weighted by atomic mass is 9.91. The molecule has 0 aromatic rings. The minimum atomic E-state index is -0.669. The van der Waals surface area contributed by atoms with Crippen LogP contribution in [0.25, 0.3) is 0 Å². The van der Waals surface area contributed by atoms with Crippen LogP contribution in [0.1, 0.15) is 33.1 Å². The van der Waals surface area contributed by atoms with E-state index in [0.717, 1.165) is 32.4 Å². The molecule has 0 spiro atoms. The van der Waals surface area contributed by atoms with Crippen LogP contribution in [-0.4, -0.2) is 46.3 Å². The zero-order valence-electron chi connectivity index (χ0n) is 9.52. The topological polar surface area (TPSA) is 60.8 Å². The molecular weight excluding hydrogens is 194 g/mol. The largest absolute Gasteiger partial charge is 0.481 e. The monoisotopic (exact) mass is 215 g/mol. The Bertz CT molecular complexity index is 218. The molecule has 4 heteroatoms. The molecule has 1 heterocycles. The summed E-state index contributed by atoms with van der Waals surface area (Å²) in [5.41, 5.74) is 0. The summed E-state index contributed by atoms with van der Waals surface area (Å²) >= 11 is 0. The molecule has 15 heavy (non-hydrogen) atoms. The van der Waals surface area contributed by atoms with E-state index in [1.807, 2.05) is 0 Å². The molecule has 0 aromatic carbocycles. The van der Waals surface area contributed by atoms with Gasteiger partial charge in [0, 0.05) is 12.6 Å². The number of aliphatic carboxylic acids is 1. The number of aliphatic hydroxyl groups is 1. The van der Waals surface area contributed by atoms with Gasteiger partial charge in [0.2, 0.25) is 0 Å². The number of hydrogen-bond acceptors (Lipinski definition) is 3. The summed E-state index contributed by atoms with van der Waals surface area (Å²) in [6.07, 6.45) is 1.96. The van der Waals surface area contributed by atoms with Crippen molar-refractivity contribution in [2.24, 2.45) is 5.92 Å². The zero-order valence-corrected chi connectivity index (χ0v) is 9.52. The molecule has 1 saturated heterocycles. The van der Waals surface area contributed by atoms with Crippen LogP contribution in [0, 0.1) is 5.92 Å². The second kappa shape index (κ2) is 5.47. The van der Waals surface area contributed by atoms with Crippen molar-refractivity contribution in [1.82, 2.24) is 4.90 Å². The van der Waals surface area contributed by atoms with Crippen LogP contribution in [-0.2, 0) is 4.79 Å². The first-order valence-electron chi connectivity index (χ1n) is 5.65. The van der Waals surface area contributed by atoms with Crippen LogP contribution in [0.4, 0.5) is 0 Å². The van der Waals surface area contributed by atoms with Crippen LogP contribution in [0.15, 0.2) is 0 Å².